The van der Waals surface area contributed by atoms with Crippen LogP contribution in [0.4, 0.5) is 0 Å². The van der Waals surface area contributed by atoms with Crippen LogP contribution in [0.15, 0.2) is 30.5 Å². The van der Waals surface area contributed by atoms with Crippen LogP contribution in [0.1, 0.15) is 56.4 Å². The number of rotatable bonds is 6. The zero-order valence-corrected chi connectivity index (χ0v) is 17.2. The number of carbonyl (C=O) groups excluding carboxylic acids is 2. The molecule has 0 spiro atoms. The van der Waals surface area contributed by atoms with E-state index in [1.54, 1.807) is 0 Å². The smallest absolute Gasteiger partial charge is 0.272 e. The third kappa shape index (κ3) is 6.22. The zero-order valence-electron chi connectivity index (χ0n) is 17.2. The Kier molecular flexibility index (Phi) is 7.52. The van der Waals surface area contributed by atoms with Crippen molar-refractivity contribution in [3.05, 3.63) is 36.2 Å². The summed E-state index contributed by atoms with van der Waals surface area (Å²) in [6.45, 7) is 5.51. The normalized spacial score (nSPS) is 18.7. The first kappa shape index (κ1) is 21.2. The number of benzene rings is 1. The van der Waals surface area contributed by atoms with E-state index in [0.29, 0.717) is 18.5 Å². The van der Waals surface area contributed by atoms with E-state index in [1.807, 2.05) is 38.1 Å². The minimum atomic E-state index is -0.609. The van der Waals surface area contributed by atoms with Gasteiger partial charge in [-0.05, 0) is 50.2 Å². The topological polar surface area (TPSA) is 93.2 Å². The van der Waals surface area contributed by atoms with Crippen molar-refractivity contribution in [1.82, 2.24) is 20.6 Å². The summed E-state index contributed by atoms with van der Waals surface area (Å²) in [7, 11) is 0. The number of hydrogen-bond donors (Lipinski definition) is 2. The molecule has 2 heterocycles. The molecule has 7 heteroatoms. The summed E-state index contributed by atoms with van der Waals surface area (Å²) < 4.78 is 5.53. The number of nitrogens with zero attached hydrogens (tertiary/aromatic N) is 2. The van der Waals surface area contributed by atoms with Crippen molar-refractivity contribution in [2.45, 2.75) is 58.0 Å². The highest BCUT2D eigenvalue weighted by Crippen LogP contribution is 2.13. The largest absolute Gasteiger partial charge is 0.381 e. The predicted octanol–water partition coefficient (Wildman–Crippen LogP) is 2.85. The maximum Gasteiger partial charge on any atom is 0.272 e. The molecule has 2 unspecified atom stereocenters. The summed E-state index contributed by atoms with van der Waals surface area (Å²) in [5, 5.41) is 5.97. The molecule has 0 bridgehead atoms. The number of fused-ring (bicyclic) bond motifs is 1. The number of aromatic nitrogens is 2. The highest BCUT2D eigenvalue weighted by molar-refractivity contribution is 5.97. The van der Waals surface area contributed by atoms with Crippen molar-refractivity contribution in [2.75, 3.05) is 13.2 Å². The molecule has 3 rings (SSSR count). The highest BCUT2D eigenvalue weighted by Gasteiger charge is 2.25. The van der Waals surface area contributed by atoms with Crippen LogP contribution >= 0.6 is 0 Å². The van der Waals surface area contributed by atoms with Gasteiger partial charge in [-0.1, -0.05) is 26.0 Å². The van der Waals surface area contributed by atoms with Gasteiger partial charge in [0, 0.05) is 19.3 Å². The van der Waals surface area contributed by atoms with Crippen molar-refractivity contribution in [3.63, 3.8) is 0 Å². The molecule has 2 atom stereocenters. The molecule has 0 saturated carbocycles. The fourth-order valence-corrected chi connectivity index (χ4v) is 3.51. The monoisotopic (exact) mass is 398 g/mol. The Labute approximate surface area is 171 Å². The molecule has 1 aromatic carbocycles. The Morgan fingerprint density at radius 2 is 1.93 bits per heavy atom. The van der Waals surface area contributed by atoms with Crippen LogP contribution in [0.5, 0.6) is 0 Å². The summed E-state index contributed by atoms with van der Waals surface area (Å²) in [5.41, 5.74) is 1.59. The SMILES string of the molecule is CC(C)CC(NC(=O)c1cnc2ccccc2n1)C(=O)NC1CCCCOCC1. The molecular weight excluding hydrogens is 368 g/mol. The van der Waals surface area contributed by atoms with Gasteiger partial charge in [0.15, 0.2) is 0 Å². The summed E-state index contributed by atoms with van der Waals surface area (Å²) in [6, 6.07) is 6.86. The van der Waals surface area contributed by atoms with Gasteiger partial charge < -0.3 is 15.4 Å². The van der Waals surface area contributed by atoms with Crippen molar-refractivity contribution in [1.29, 1.82) is 0 Å². The predicted molar refractivity (Wildman–Crippen MR) is 111 cm³/mol. The molecule has 0 aliphatic carbocycles. The van der Waals surface area contributed by atoms with Gasteiger partial charge >= 0.3 is 0 Å². The molecule has 156 valence electrons. The summed E-state index contributed by atoms with van der Waals surface area (Å²) in [6.07, 6.45) is 5.78. The van der Waals surface area contributed by atoms with Gasteiger partial charge in [0.1, 0.15) is 11.7 Å². The van der Waals surface area contributed by atoms with Crippen LogP contribution in [-0.4, -0.2) is 47.1 Å². The van der Waals surface area contributed by atoms with Gasteiger partial charge in [-0.2, -0.15) is 0 Å². The molecular formula is C22H30N4O3. The number of nitrogens with one attached hydrogen (secondary N) is 2. The van der Waals surface area contributed by atoms with Gasteiger partial charge in [0.05, 0.1) is 17.2 Å². The summed E-state index contributed by atoms with van der Waals surface area (Å²) in [4.78, 5) is 34.4. The van der Waals surface area contributed by atoms with Crippen LogP contribution in [0.2, 0.25) is 0 Å². The number of amides is 2. The number of para-hydroxylation sites is 2. The molecule has 1 saturated heterocycles. The van der Waals surface area contributed by atoms with Crippen molar-refractivity contribution < 1.29 is 14.3 Å². The summed E-state index contributed by atoms with van der Waals surface area (Å²) in [5.74, 6) is -0.272. The molecule has 1 aliphatic rings. The molecule has 1 aliphatic heterocycles. The fourth-order valence-electron chi connectivity index (χ4n) is 3.51. The van der Waals surface area contributed by atoms with Gasteiger partial charge in [0.2, 0.25) is 5.91 Å². The van der Waals surface area contributed by atoms with Crippen LogP contribution in [0.25, 0.3) is 11.0 Å². The second-order valence-electron chi connectivity index (χ2n) is 8.00. The van der Waals surface area contributed by atoms with E-state index in [1.165, 1.54) is 6.20 Å². The third-order valence-electron chi connectivity index (χ3n) is 5.06. The minimum Gasteiger partial charge on any atom is -0.381 e. The fraction of sp³-hybridized carbons (Fsp3) is 0.545. The van der Waals surface area contributed by atoms with E-state index in [4.69, 9.17) is 4.74 Å². The summed E-state index contributed by atoms with van der Waals surface area (Å²) >= 11 is 0. The molecule has 1 aromatic heterocycles. The number of carbonyl (C=O) groups is 2. The highest BCUT2D eigenvalue weighted by atomic mass is 16.5. The molecule has 29 heavy (non-hydrogen) atoms. The Morgan fingerprint density at radius 1 is 1.14 bits per heavy atom. The lowest BCUT2D eigenvalue weighted by molar-refractivity contribution is -0.124. The van der Waals surface area contributed by atoms with E-state index < -0.39 is 6.04 Å². The Morgan fingerprint density at radius 3 is 2.72 bits per heavy atom. The van der Waals surface area contributed by atoms with Crippen LogP contribution < -0.4 is 10.6 Å². The number of hydrogen-bond acceptors (Lipinski definition) is 5. The van der Waals surface area contributed by atoms with E-state index >= 15 is 0 Å². The van der Waals surface area contributed by atoms with E-state index in [0.717, 1.165) is 37.8 Å². The first-order valence-electron chi connectivity index (χ1n) is 10.4. The molecule has 2 amide bonds. The molecule has 0 radical (unpaired) electrons. The quantitative estimate of drug-likeness (QED) is 0.780. The van der Waals surface area contributed by atoms with E-state index in [2.05, 4.69) is 20.6 Å². The average molecular weight is 399 g/mol. The van der Waals surface area contributed by atoms with Crippen LogP contribution in [0.3, 0.4) is 0 Å². The van der Waals surface area contributed by atoms with Gasteiger partial charge in [-0.25, -0.2) is 4.98 Å². The van der Waals surface area contributed by atoms with Gasteiger partial charge in [-0.3, -0.25) is 14.6 Å². The molecule has 1 fully saturated rings. The Hall–Kier alpha value is -2.54. The zero-order chi connectivity index (χ0) is 20.6. The first-order valence-corrected chi connectivity index (χ1v) is 10.4. The molecule has 2 aromatic rings. The molecule has 2 N–H and O–H groups in total. The Balaban J connectivity index is 1.67. The first-order chi connectivity index (χ1) is 14.0. The lowest BCUT2D eigenvalue weighted by atomic mass is 10.0. The van der Waals surface area contributed by atoms with Gasteiger partial charge in [0.25, 0.3) is 5.91 Å². The van der Waals surface area contributed by atoms with E-state index in [-0.39, 0.29) is 29.5 Å². The lowest BCUT2D eigenvalue weighted by Gasteiger charge is -2.25. The van der Waals surface area contributed by atoms with Crippen LogP contribution in [0, 0.1) is 5.92 Å². The van der Waals surface area contributed by atoms with Crippen molar-refractivity contribution in [3.8, 4) is 0 Å². The average Bonchev–Trinajstić information content (AvgIpc) is 2.68. The van der Waals surface area contributed by atoms with E-state index in [9.17, 15) is 9.59 Å². The molecule has 7 nitrogen and oxygen atoms in total. The maximum absolute atomic E-state index is 12.9. The second-order valence-corrected chi connectivity index (χ2v) is 8.00. The third-order valence-corrected chi connectivity index (χ3v) is 5.06. The number of ether oxygens (including phenoxy) is 1. The van der Waals surface area contributed by atoms with Crippen molar-refractivity contribution >= 4 is 22.8 Å². The van der Waals surface area contributed by atoms with Crippen molar-refractivity contribution in [2.24, 2.45) is 5.92 Å². The lowest BCUT2D eigenvalue weighted by Crippen LogP contribution is -2.50. The van der Waals surface area contributed by atoms with Crippen LogP contribution in [-0.2, 0) is 9.53 Å². The second kappa shape index (κ2) is 10.3. The standard InChI is InChI=1S/C22H30N4O3/c1-15(2)13-19(21(27)24-16-7-5-6-11-29-12-10-16)26-22(28)20-14-23-17-8-3-4-9-18(17)25-20/h3-4,8-9,14-16,19H,5-7,10-13H2,1-2H3,(H,24,27)(H,26,28). The minimum absolute atomic E-state index is 0.0785. The maximum atomic E-state index is 12.9. The Bertz CT molecular complexity index is 832. The van der Waals surface area contributed by atoms with Gasteiger partial charge in [-0.15, -0.1) is 0 Å².